The van der Waals surface area contributed by atoms with E-state index in [0.29, 0.717) is 24.1 Å². The van der Waals surface area contributed by atoms with Gasteiger partial charge in [0.05, 0.1) is 4.92 Å². The van der Waals surface area contributed by atoms with Crippen LogP contribution in [0.4, 0.5) is 0 Å². The molecule has 1 heterocycles. The van der Waals surface area contributed by atoms with Gasteiger partial charge >= 0.3 is 5.00 Å². The van der Waals surface area contributed by atoms with E-state index in [2.05, 4.69) is 10.3 Å². The van der Waals surface area contributed by atoms with E-state index in [4.69, 9.17) is 11.6 Å². The van der Waals surface area contributed by atoms with Crippen LogP contribution in [0.2, 0.25) is 0 Å². The van der Waals surface area contributed by atoms with Crippen LogP contribution in [0.1, 0.15) is 33.6 Å². The topological polar surface area (TPSA) is 84.6 Å². The Morgan fingerprint density at radius 2 is 2.28 bits per heavy atom. The Bertz CT molecular complexity index is 433. The molecule has 0 radical (unpaired) electrons. The minimum atomic E-state index is -1.90. The quantitative estimate of drug-likeness (QED) is 0.367. The van der Waals surface area contributed by atoms with Crippen molar-refractivity contribution in [3.05, 3.63) is 21.8 Å². The highest BCUT2D eigenvalue weighted by atomic mass is 35.5. The minimum Gasteiger partial charge on any atom is -0.327 e. The van der Waals surface area contributed by atoms with Gasteiger partial charge in [-0.3, -0.25) is 19.9 Å². The van der Waals surface area contributed by atoms with Crippen molar-refractivity contribution in [2.45, 2.75) is 44.8 Å². The fourth-order valence-corrected chi connectivity index (χ4v) is 1.94. The monoisotopic (exact) mass is 273 g/mol. The maximum absolute atomic E-state index is 11.6. The SMILES string of the molecule is CCCC(=O)NC1N=C(C)C=C(C)C1(Cl)[N+](=O)[O-]. The van der Waals surface area contributed by atoms with Crippen LogP contribution in [-0.2, 0) is 4.79 Å². The number of allylic oxidation sites excluding steroid dienone is 1. The van der Waals surface area contributed by atoms with E-state index < -0.39 is 16.1 Å². The number of hydrogen-bond acceptors (Lipinski definition) is 4. The van der Waals surface area contributed by atoms with Crippen LogP contribution in [-0.4, -0.2) is 27.7 Å². The molecule has 100 valence electrons. The van der Waals surface area contributed by atoms with E-state index in [0.717, 1.165) is 0 Å². The van der Waals surface area contributed by atoms with Crippen molar-refractivity contribution in [1.29, 1.82) is 0 Å². The van der Waals surface area contributed by atoms with Crippen molar-refractivity contribution in [2.75, 3.05) is 0 Å². The van der Waals surface area contributed by atoms with Crippen LogP contribution in [0.3, 0.4) is 0 Å². The van der Waals surface area contributed by atoms with Gasteiger partial charge in [-0.25, -0.2) is 0 Å². The van der Waals surface area contributed by atoms with Gasteiger partial charge in [-0.1, -0.05) is 6.92 Å². The standard InChI is InChI=1S/C11H16ClN3O3/c1-4-5-9(16)14-10-11(12,15(17)18)7(2)6-8(3)13-10/h6,10H,4-5H2,1-3H3,(H,14,16). The summed E-state index contributed by atoms with van der Waals surface area (Å²) in [5.41, 5.74) is 0.968. The second kappa shape index (κ2) is 5.48. The van der Waals surface area contributed by atoms with E-state index in [1.807, 2.05) is 6.92 Å². The molecule has 0 saturated carbocycles. The summed E-state index contributed by atoms with van der Waals surface area (Å²) in [6.45, 7) is 5.12. The van der Waals surface area contributed by atoms with E-state index in [9.17, 15) is 14.9 Å². The number of aliphatic imine (C=N–C) groups is 1. The number of rotatable bonds is 4. The van der Waals surface area contributed by atoms with Crippen LogP contribution in [0.15, 0.2) is 16.6 Å². The molecule has 1 N–H and O–H groups in total. The molecule has 0 bridgehead atoms. The van der Waals surface area contributed by atoms with Gasteiger partial charge in [-0.05, 0) is 37.9 Å². The molecule has 0 aliphatic carbocycles. The number of carbonyl (C=O) groups excluding carboxylic acids is 1. The lowest BCUT2D eigenvalue weighted by molar-refractivity contribution is -0.535. The first kappa shape index (κ1) is 14.6. The fourth-order valence-electron chi connectivity index (χ4n) is 1.78. The molecule has 1 amide bonds. The molecule has 0 aromatic carbocycles. The van der Waals surface area contributed by atoms with Crippen molar-refractivity contribution in [3.8, 4) is 0 Å². The highest BCUT2D eigenvalue weighted by Crippen LogP contribution is 2.33. The number of dihydropyridines is 1. The van der Waals surface area contributed by atoms with Crippen LogP contribution in [0.25, 0.3) is 0 Å². The number of nitro groups is 1. The summed E-state index contributed by atoms with van der Waals surface area (Å²) in [5.74, 6) is -0.291. The molecule has 6 nitrogen and oxygen atoms in total. The lowest BCUT2D eigenvalue weighted by Crippen LogP contribution is -2.55. The maximum Gasteiger partial charge on any atom is 0.356 e. The Labute approximate surface area is 110 Å². The van der Waals surface area contributed by atoms with Gasteiger partial charge in [0.2, 0.25) is 12.1 Å². The average molecular weight is 274 g/mol. The van der Waals surface area contributed by atoms with Crippen LogP contribution in [0.5, 0.6) is 0 Å². The fraction of sp³-hybridized carbons (Fsp3) is 0.636. The zero-order chi connectivity index (χ0) is 13.9. The number of halogens is 1. The number of alkyl halides is 1. The average Bonchev–Trinajstić information content (AvgIpc) is 2.25. The Morgan fingerprint density at radius 3 is 2.78 bits per heavy atom. The molecule has 2 atom stereocenters. The zero-order valence-corrected chi connectivity index (χ0v) is 11.3. The van der Waals surface area contributed by atoms with Crippen molar-refractivity contribution >= 4 is 23.2 Å². The first-order chi connectivity index (χ1) is 8.32. The molecule has 0 aromatic heterocycles. The molecule has 1 rings (SSSR count). The molecule has 2 unspecified atom stereocenters. The Balaban J connectivity index is 3.03. The van der Waals surface area contributed by atoms with Gasteiger partial charge in [-0.15, -0.1) is 0 Å². The first-order valence-corrected chi connectivity index (χ1v) is 6.06. The number of nitrogens with one attached hydrogen (secondary N) is 1. The molecule has 1 aliphatic heterocycles. The zero-order valence-electron chi connectivity index (χ0n) is 10.6. The Hall–Kier alpha value is -1.43. The van der Waals surface area contributed by atoms with E-state index in [1.165, 1.54) is 0 Å². The van der Waals surface area contributed by atoms with Crippen molar-refractivity contribution < 1.29 is 9.72 Å². The summed E-state index contributed by atoms with van der Waals surface area (Å²) < 4.78 is 0. The van der Waals surface area contributed by atoms with Crippen molar-refractivity contribution in [1.82, 2.24) is 5.32 Å². The number of nitrogens with zero attached hydrogens (tertiary/aromatic N) is 2. The summed E-state index contributed by atoms with van der Waals surface area (Å²) in [6.07, 6.45) is 1.43. The number of hydrogen-bond donors (Lipinski definition) is 1. The molecular formula is C11H16ClN3O3. The second-order valence-corrected chi connectivity index (χ2v) is 4.82. The predicted molar refractivity (Wildman–Crippen MR) is 69.3 cm³/mol. The lowest BCUT2D eigenvalue weighted by atomic mass is 10.0. The Kier molecular flexibility index (Phi) is 4.45. The minimum absolute atomic E-state index is 0.290. The van der Waals surface area contributed by atoms with E-state index in [1.54, 1.807) is 19.9 Å². The van der Waals surface area contributed by atoms with Crippen molar-refractivity contribution in [3.63, 3.8) is 0 Å². The van der Waals surface area contributed by atoms with Gasteiger partial charge < -0.3 is 5.32 Å². The summed E-state index contributed by atoms with van der Waals surface area (Å²) in [5, 5.41) is 13.7. The van der Waals surface area contributed by atoms with Crippen LogP contribution in [0, 0.1) is 10.1 Å². The largest absolute Gasteiger partial charge is 0.356 e. The summed E-state index contributed by atoms with van der Waals surface area (Å²) >= 11 is 6.05. The molecule has 7 heteroatoms. The molecule has 18 heavy (non-hydrogen) atoms. The molecule has 0 spiro atoms. The highest BCUT2D eigenvalue weighted by Gasteiger charge is 2.53. The predicted octanol–water partition coefficient (Wildman–Crippen LogP) is 1.86. The van der Waals surface area contributed by atoms with Gasteiger partial charge in [0.15, 0.2) is 0 Å². The molecule has 1 aliphatic rings. The van der Waals surface area contributed by atoms with E-state index >= 15 is 0 Å². The number of carbonyl (C=O) groups is 1. The molecule has 0 saturated heterocycles. The second-order valence-electron chi connectivity index (χ2n) is 4.25. The van der Waals surface area contributed by atoms with Gasteiger partial charge in [0.25, 0.3) is 0 Å². The van der Waals surface area contributed by atoms with Gasteiger partial charge in [0, 0.05) is 17.7 Å². The molecule has 0 aromatic rings. The normalized spacial score (nSPS) is 27.2. The summed E-state index contributed by atoms with van der Waals surface area (Å²) in [6, 6.07) is 0. The molecular weight excluding hydrogens is 258 g/mol. The maximum atomic E-state index is 11.6. The summed E-state index contributed by atoms with van der Waals surface area (Å²) in [7, 11) is 0. The Morgan fingerprint density at radius 1 is 1.67 bits per heavy atom. The number of amides is 1. The third-order valence-corrected chi connectivity index (χ3v) is 3.36. The summed E-state index contributed by atoms with van der Waals surface area (Å²) in [4.78, 5) is 24.3. The smallest absolute Gasteiger partial charge is 0.327 e. The van der Waals surface area contributed by atoms with Crippen molar-refractivity contribution in [2.24, 2.45) is 4.99 Å². The highest BCUT2D eigenvalue weighted by molar-refractivity contribution is 6.26. The third kappa shape index (κ3) is 2.69. The molecule has 0 fully saturated rings. The van der Waals surface area contributed by atoms with Gasteiger partial charge in [-0.2, -0.15) is 0 Å². The van der Waals surface area contributed by atoms with Gasteiger partial charge in [0.1, 0.15) is 0 Å². The lowest BCUT2D eigenvalue weighted by Gasteiger charge is -2.29. The third-order valence-electron chi connectivity index (χ3n) is 2.71. The first-order valence-electron chi connectivity index (χ1n) is 5.68. The van der Waals surface area contributed by atoms with E-state index in [-0.39, 0.29) is 5.91 Å². The van der Waals surface area contributed by atoms with Crippen LogP contribution < -0.4 is 5.32 Å². The van der Waals surface area contributed by atoms with Crippen LogP contribution >= 0.6 is 11.6 Å².